The molecule has 0 saturated carbocycles. The number of benzene rings is 2. The number of hydrogen-bond donors (Lipinski definition) is 1. The molecule has 8 heteroatoms. The highest BCUT2D eigenvalue weighted by Crippen LogP contribution is 2.44. The number of rotatable bonds is 8. The molecule has 1 amide bonds. The number of amides is 1. The lowest BCUT2D eigenvalue weighted by atomic mass is 9.98. The lowest BCUT2D eigenvalue weighted by Crippen LogP contribution is -2.26. The lowest BCUT2D eigenvalue weighted by Gasteiger charge is -2.14. The highest BCUT2D eigenvalue weighted by Gasteiger charge is 2.28. The normalized spacial score (nSPS) is 12.3. The van der Waals surface area contributed by atoms with Gasteiger partial charge in [-0.2, -0.15) is 0 Å². The molecule has 1 aliphatic carbocycles. The fraction of sp³-hybridized carbons (Fsp3) is 0.200. The second kappa shape index (κ2) is 9.95. The van der Waals surface area contributed by atoms with Crippen molar-refractivity contribution in [3.05, 3.63) is 93.7 Å². The molecule has 1 heterocycles. The summed E-state index contributed by atoms with van der Waals surface area (Å²) in [6.07, 6.45) is 4.63. The first-order chi connectivity index (χ1) is 16.1. The third-order valence-electron chi connectivity index (χ3n) is 5.49. The Morgan fingerprint density at radius 3 is 2.45 bits per heavy atom. The molecule has 0 radical (unpaired) electrons. The van der Waals surface area contributed by atoms with Crippen molar-refractivity contribution in [1.29, 1.82) is 0 Å². The van der Waals surface area contributed by atoms with E-state index in [1.54, 1.807) is 12.2 Å². The molecule has 33 heavy (non-hydrogen) atoms. The number of carbonyl (C=O) groups excluding carboxylic acids is 1. The van der Waals surface area contributed by atoms with E-state index in [9.17, 15) is 14.9 Å². The minimum atomic E-state index is -0.511. The molecule has 0 bridgehead atoms. The molecular weight excluding hydrogens is 422 g/mol. The van der Waals surface area contributed by atoms with E-state index in [4.69, 9.17) is 9.47 Å². The summed E-state index contributed by atoms with van der Waals surface area (Å²) in [5.41, 5.74) is 5.06. The molecule has 0 atom stereocenters. The van der Waals surface area contributed by atoms with Gasteiger partial charge in [0.15, 0.2) is 0 Å². The van der Waals surface area contributed by atoms with Crippen molar-refractivity contribution in [3.63, 3.8) is 0 Å². The van der Waals surface area contributed by atoms with Gasteiger partial charge >= 0.3 is 6.09 Å². The van der Waals surface area contributed by atoms with E-state index >= 15 is 0 Å². The number of nitro groups is 1. The number of pyridine rings is 1. The fourth-order valence-corrected chi connectivity index (χ4v) is 3.96. The average molecular weight is 445 g/mol. The Hall–Kier alpha value is -4.20. The van der Waals surface area contributed by atoms with Crippen LogP contribution in [-0.4, -0.2) is 36.3 Å². The molecule has 0 saturated heterocycles. The number of hydrogen-bond acceptors (Lipinski definition) is 6. The zero-order valence-corrected chi connectivity index (χ0v) is 18.1. The highest BCUT2D eigenvalue weighted by atomic mass is 16.6. The van der Waals surface area contributed by atoms with Crippen LogP contribution in [0.25, 0.3) is 17.2 Å². The van der Waals surface area contributed by atoms with Crippen molar-refractivity contribution in [2.75, 3.05) is 20.3 Å². The van der Waals surface area contributed by atoms with Crippen LogP contribution in [0, 0.1) is 10.1 Å². The Bertz CT molecular complexity index is 1160. The Morgan fingerprint density at radius 1 is 1.15 bits per heavy atom. The van der Waals surface area contributed by atoms with Crippen LogP contribution in [0.5, 0.6) is 5.88 Å². The average Bonchev–Trinajstić information content (AvgIpc) is 3.16. The summed E-state index contributed by atoms with van der Waals surface area (Å²) in [6.45, 7) is 0.615. The van der Waals surface area contributed by atoms with Crippen LogP contribution >= 0.6 is 0 Å². The Labute approximate surface area is 191 Å². The summed E-state index contributed by atoms with van der Waals surface area (Å²) in [6, 6.07) is 17.7. The van der Waals surface area contributed by atoms with Crippen molar-refractivity contribution >= 4 is 17.9 Å². The van der Waals surface area contributed by atoms with E-state index in [-0.39, 0.29) is 18.2 Å². The van der Waals surface area contributed by atoms with Crippen LogP contribution in [0.15, 0.2) is 66.9 Å². The third-order valence-corrected chi connectivity index (χ3v) is 5.49. The molecule has 8 nitrogen and oxygen atoms in total. The quantitative estimate of drug-likeness (QED) is 0.299. The third kappa shape index (κ3) is 4.85. The smallest absolute Gasteiger partial charge is 0.407 e. The zero-order chi connectivity index (χ0) is 23.2. The molecule has 2 aromatic carbocycles. The first-order valence-electron chi connectivity index (χ1n) is 10.5. The molecule has 1 aliphatic rings. The zero-order valence-electron chi connectivity index (χ0n) is 18.1. The van der Waals surface area contributed by atoms with Gasteiger partial charge in [0, 0.05) is 24.1 Å². The van der Waals surface area contributed by atoms with Crippen molar-refractivity contribution in [2.45, 2.75) is 12.3 Å². The van der Waals surface area contributed by atoms with Crippen LogP contribution in [0.3, 0.4) is 0 Å². The van der Waals surface area contributed by atoms with E-state index in [1.807, 2.05) is 24.3 Å². The molecule has 0 spiro atoms. The van der Waals surface area contributed by atoms with Gasteiger partial charge in [-0.15, -0.1) is 0 Å². The van der Waals surface area contributed by atoms with Gasteiger partial charge in [0.05, 0.1) is 12.0 Å². The van der Waals surface area contributed by atoms with Crippen LogP contribution in [-0.2, 0) is 4.74 Å². The summed E-state index contributed by atoms with van der Waals surface area (Å²) < 4.78 is 10.6. The molecule has 3 aromatic rings. The molecular formula is C25H23N3O5. The van der Waals surface area contributed by atoms with E-state index in [1.165, 1.54) is 24.3 Å². The molecule has 4 rings (SSSR count). The van der Waals surface area contributed by atoms with Crippen LogP contribution in [0.4, 0.5) is 10.5 Å². The summed E-state index contributed by atoms with van der Waals surface area (Å²) in [5.74, 6) is 0.304. The SMILES string of the molecule is COc1ncc([N+](=O)[O-])cc1C=CCCNC(=O)OCC1c2ccccc2-c2ccccc21. The van der Waals surface area contributed by atoms with Crippen LogP contribution < -0.4 is 10.1 Å². The number of ether oxygens (including phenoxy) is 2. The topological polar surface area (TPSA) is 104 Å². The van der Waals surface area contributed by atoms with E-state index in [0.717, 1.165) is 17.3 Å². The van der Waals surface area contributed by atoms with Gasteiger partial charge in [0.25, 0.3) is 5.69 Å². The maximum Gasteiger partial charge on any atom is 0.407 e. The first kappa shape index (κ1) is 22.0. The summed E-state index contributed by atoms with van der Waals surface area (Å²) in [4.78, 5) is 26.6. The monoisotopic (exact) mass is 445 g/mol. The van der Waals surface area contributed by atoms with Gasteiger partial charge in [0.1, 0.15) is 12.8 Å². The Kier molecular flexibility index (Phi) is 6.64. The predicted octanol–water partition coefficient (Wildman–Crippen LogP) is 4.94. The van der Waals surface area contributed by atoms with E-state index in [2.05, 4.69) is 34.6 Å². The number of nitrogens with zero attached hydrogens (tertiary/aromatic N) is 2. The summed E-state index contributed by atoms with van der Waals surface area (Å²) in [5, 5.41) is 13.7. The second-order valence-corrected chi connectivity index (χ2v) is 7.49. The largest absolute Gasteiger partial charge is 0.481 e. The number of nitrogens with one attached hydrogen (secondary N) is 1. The van der Waals surface area contributed by atoms with Crippen molar-refractivity contribution in [1.82, 2.24) is 10.3 Å². The van der Waals surface area contributed by atoms with Gasteiger partial charge in [-0.25, -0.2) is 9.78 Å². The van der Waals surface area contributed by atoms with Crippen LogP contribution in [0.2, 0.25) is 0 Å². The number of fused-ring (bicyclic) bond motifs is 3. The minimum absolute atomic E-state index is 0.0110. The number of alkyl carbamates (subject to hydrolysis) is 1. The van der Waals surface area contributed by atoms with E-state index < -0.39 is 11.0 Å². The molecule has 0 unspecified atom stereocenters. The number of carbonyl (C=O) groups is 1. The van der Waals surface area contributed by atoms with Gasteiger partial charge in [-0.3, -0.25) is 10.1 Å². The van der Waals surface area contributed by atoms with Crippen molar-refractivity contribution < 1.29 is 19.2 Å². The number of aromatic nitrogens is 1. The minimum Gasteiger partial charge on any atom is -0.481 e. The predicted molar refractivity (Wildman–Crippen MR) is 124 cm³/mol. The standard InChI is InChI=1S/C25H23N3O5/c1-32-24-17(14-18(15-27-24)28(30)31)8-6-7-13-26-25(29)33-16-23-21-11-4-2-9-19(21)20-10-3-5-12-22(20)23/h2-6,8-12,14-15,23H,7,13,16H2,1H3,(H,26,29). The van der Waals surface area contributed by atoms with Gasteiger partial charge in [-0.05, 0) is 28.7 Å². The van der Waals surface area contributed by atoms with Crippen molar-refractivity contribution in [2.24, 2.45) is 0 Å². The van der Waals surface area contributed by atoms with Crippen LogP contribution in [0.1, 0.15) is 29.0 Å². The summed E-state index contributed by atoms with van der Waals surface area (Å²) >= 11 is 0. The van der Waals surface area contributed by atoms with E-state index in [0.29, 0.717) is 24.4 Å². The molecule has 168 valence electrons. The maximum absolute atomic E-state index is 12.2. The molecule has 0 fully saturated rings. The molecule has 1 aromatic heterocycles. The van der Waals surface area contributed by atoms with Crippen molar-refractivity contribution in [3.8, 4) is 17.0 Å². The Morgan fingerprint density at radius 2 is 1.82 bits per heavy atom. The van der Waals surface area contributed by atoms with Gasteiger partial charge < -0.3 is 14.8 Å². The molecule has 1 N–H and O–H groups in total. The van der Waals surface area contributed by atoms with Gasteiger partial charge in [0.2, 0.25) is 5.88 Å². The highest BCUT2D eigenvalue weighted by molar-refractivity contribution is 5.79. The first-order valence-corrected chi connectivity index (χ1v) is 10.5. The number of methoxy groups -OCH3 is 1. The summed E-state index contributed by atoms with van der Waals surface area (Å²) in [7, 11) is 1.45. The second-order valence-electron chi connectivity index (χ2n) is 7.49. The Balaban J connectivity index is 1.29. The maximum atomic E-state index is 12.2. The fourth-order valence-electron chi connectivity index (χ4n) is 3.96. The molecule has 0 aliphatic heterocycles. The lowest BCUT2D eigenvalue weighted by molar-refractivity contribution is -0.385. The van der Waals surface area contributed by atoms with Gasteiger partial charge in [-0.1, -0.05) is 60.7 Å².